The Bertz CT molecular complexity index is 1560. The number of benzene rings is 2. The van der Waals surface area contributed by atoms with E-state index < -0.39 is 64.7 Å². The van der Waals surface area contributed by atoms with E-state index in [-0.39, 0.29) is 27.9 Å². The second-order valence-electron chi connectivity index (χ2n) is 14.7. The highest BCUT2D eigenvalue weighted by Crippen LogP contribution is 2.75. The van der Waals surface area contributed by atoms with Gasteiger partial charge in [0.15, 0.2) is 18.2 Å². The van der Waals surface area contributed by atoms with Crippen molar-refractivity contribution in [2.75, 3.05) is 6.61 Å². The topological polar surface area (TPSA) is 108 Å². The molecule has 234 valence electrons. The van der Waals surface area contributed by atoms with Gasteiger partial charge in [-0.3, -0.25) is 13.8 Å². The zero-order valence-electron chi connectivity index (χ0n) is 26.3. The molecule has 0 aromatic heterocycles. The summed E-state index contributed by atoms with van der Waals surface area (Å²) in [5, 5.41) is 0. The Labute approximate surface area is 253 Å². The predicted molar refractivity (Wildman–Crippen MR) is 157 cm³/mol. The third kappa shape index (κ3) is 4.41. The van der Waals surface area contributed by atoms with Gasteiger partial charge >= 0.3 is 14.0 Å². The van der Waals surface area contributed by atoms with Crippen LogP contribution < -0.4 is 9.05 Å². The van der Waals surface area contributed by atoms with Gasteiger partial charge in [-0.1, -0.05) is 53.7 Å². The van der Waals surface area contributed by atoms with Crippen LogP contribution in [0.5, 0.6) is 11.5 Å². The van der Waals surface area contributed by atoms with Crippen molar-refractivity contribution in [3.05, 3.63) is 46.5 Å². The molecule has 5 atom stereocenters. The Hall–Kier alpha value is -1.82. The van der Waals surface area contributed by atoms with Crippen LogP contribution in [0.2, 0.25) is 0 Å². The molecule has 12 heteroatoms. The minimum absolute atomic E-state index is 0.0367. The van der Waals surface area contributed by atoms with E-state index in [2.05, 4.69) is 0 Å². The normalized spacial score (nSPS) is 33.0. The Balaban J connectivity index is 1.51. The summed E-state index contributed by atoms with van der Waals surface area (Å²) in [4.78, 5) is 0.0970. The van der Waals surface area contributed by atoms with Crippen molar-refractivity contribution in [1.29, 1.82) is 0 Å². The maximum atomic E-state index is 14.7. The quantitative estimate of drug-likeness (QED) is 0.311. The van der Waals surface area contributed by atoms with Crippen molar-refractivity contribution in [2.45, 2.75) is 126 Å². The minimum Gasteiger partial charge on any atom is -0.339 e. The largest absolute Gasteiger partial charge is 0.560 e. The second kappa shape index (κ2) is 8.91. The molecule has 4 fully saturated rings. The number of ether oxygens (including phenoxy) is 5. The molecule has 0 N–H and O–H groups in total. The molecule has 7 rings (SSSR count). The van der Waals surface area contributed by atoms with Crippen LogP contribution in [-0.2, 0) is 48.9 Å². The van der Waals surface area contributed by atoms with Crippen LogP contribution in [0.1, 0.15) is 77.6 Å². The van der Waals surface area contributed by atoms with Gasteiger partial charge in [-0.25, -0.2) is 8.42 Å². The summed E-state index contributed by atoms with van der Waals surface area (Å²) < 4.78 is 81.3. The summed E-state index contributed by atoms with van der Waals surface area (Å²) in [5.74, 6) is -1.86. The van der Waals surface area contributed by atoms with Crippen molar-refractivity contribution in [3.63, 3.8) is 0 Å². The molecule has 0 radical (unpaired) electrons. The molecule has 2 bridgehead atoms. The van der Waals surface area contributed by atoms with Crippen LogP contribution in [0.4, 0.5) is 0 Å². The highest BCUT2D eigenvalue weighted by Gasteiger charge is 2.81. The first-order valence-electron chi connectivity index (χ1n) is 14.6. The number of fused-ring (bicyclic) bond motifs is 6. The van der Waals surface area contributed by atoms with E-state index in [1.54, 1.807) is 26.0 Å². The van der Waals surface area contributed by atoms with E-state index in [1.165, 1.54) is 0 Å². The molecule has 43 heavy (non-hydrogen) atoms. The third-order valence-corrected chi connectivity index (χ3v) is 12.3. The summed E-state index contributed by atoms with van der Waals surface area (Å²) in [7, 11) is -7.89. The lowest BCUT2D eigenvalue weighted by molar-refractivity contribution is -0.307. The van der Waals surface area contributed by atoms with Crippen LogP contribution in [0, 0.1) is 13.8 Å². The van der Waals surface area contributed by atoms with Crippen molar-refractivity contribution >= 4 is 17.8 Å². The van der Waals surface area contributed by atoms with Crippen molar-refractivity contribution in [2.24, 2.45) is 0 Å². The first-order valence-corrected chi connectivity index (χ1v) is 17.7. The maximum absolute atomic E-state index is 14.7. The minimum atomic E-state index is -4.13. The smallest absolute Gasteiger partial charge is 0.339 e. The lowest BCUT2D eigenvalue weighted by Crippen LogP contribution is -2.53. The van der Waals surface area contributed by atoms with E-state index in [1.807, 2.05) is 67.5 Å². The van der Waals surface area contributed by atoms with Gasteiger partial charge in [0.25, 0.3) is 0 Å². The average Bonchev–Trinajstić information content (AvgIpc) is 3.48. The van der Waals surface area contributed by atoms with Gasteiger partial charge in [0, 0.05) is 11.1 Å². The summed E-state index contributed by atoms with van der Waals surface area (Å²) in [6.45, 7) is 19.5. The standard InChI is InChI=1S/C31H40O10PS/c1-16-11-18(28(3,4)5)22-20(13-16)43(32,33)21-14-17(2)12-19(29(6,7)8)23(21)40-42(39-22)27-34-15-31(38-27)25(41-42)24-26(37-31)36-30(9,10)35-24/h11-14,24-27H,15H2,1-10H3/q+1/t24-,25+,26+,27?,31-/m0/s1. The van der Waals surface area contributed by atoms with Gasteiger partial charge in [0.1, 0.15) is 22.5 Å². The molecule has 5 aliphatic rings. The van der Waals surface area contributed by atoms with Crippen LogP contribution in [-0.4, -0.2) is 51.1 Å². The lowest BCUT2D eigenvalue weighted by Gasteiger charge is -2.39. The van der Waals surface area contributed by atoms with E-state index >= 15 is 0 Å². The summed E-state index contributed by atoms with van der Waals surface area (Å²) in [6, 6.07) is 6.07. The monoisotopic (exact) mass is 635 g/mol. The van der Waals surface area contributed by atoms with Crippen LogP contribution >= 0.6 is 7.94 Å². The third-order valence-electron chi connectivity index (χ3n) is 8.41. The molecule has 0 amide bonds. The Morgan fingerprint density at radius 1 is 0.791 bits per heavy atom. The first kappa shape index (κ1) is 29.9. The number of hydrogen-bond acceptors (Lipinski definition) is 10. The fourth-order valence-electron chi connectivity index (χ4n) is 6.41. The molecule has 5 aliphatic heterocycles. The SMILES string of the molecule is Cc1cc(C(C)(C)C)c2c(c1)S(=O)(=O)c1cc(C)cc(C(C)(C)C)c1O[P+]1(O2)O[C@@H]2[C@@H]3OC(C)(C)O[C@@H]3O[C@]23COC1O3. The van der Waals surface area contributed by atoms with E-state index in [0.717, 1.165) is 11.1 Å². The molecule has 0 saturated carbocycles. The molecule has 2 aromatic rings. The Kier molecular flexibility index (Phi) is 6.19. The fourth-order valence-corrected chi connectivity index (χ4v) is 10.7. The molecule has 1 unspecified atom stereocenters. The lowest BCUT2D eigenvalue weighted by atomic mass is 9.85. The molecule has 2 spiro atoms. The van der Waals surface area contributed by atoms with Crippen LogP contribution in [0.3, 0.4) is 0 Å². The molecule has 10 nitrogen and oxygen atoms in total. The average molecular weight is 636 g/mol. The molecular weight excluding hydrogens is 595 g/mol. The molecule has 0 aliphatic carbocycles. The predicted octanol–water partition coefficient (Wildman–Crippen LogP) is 6.20. The maximum Gasteiger partial charge on any atom is 0.560 e. The highest BCUT2D eigenvalue weighted by molar-refractivity contribution is 7.91. The molecule has 2 aromatic carbocycles. The van der Waals surface area contributed by atoms with E-state index in [4.69, 9.17) is 37.3 Å². The van der Waals surface area contributed by atoms with Gasteiger partial charge < -0.3 is 18.9 Å². The summed E-state index contributed by atoms with van der Waals surface area (Å²) in [5.41, 5.74) is 1.98. The zero-order valence-corrected chi connectivity index (χ0v) is 28.0. The zero-order chi connectivity index (χ0) is 31.1. The summed E-state index contributed by atoms with van der Waals surface area (Å²) in [6.07, 6.45) is -2.24. The summed E-state index contributed by atoms with van der Waals surface area (Å²) >= 11 is 0. The van der Waals surface area contributed by atoms with E-state index in [0.29, 0.717) is 11.1 Å². The van der Waals surface area contributed by atoms with Crippen LogP contribution in [0.15, 0.2) is 34.1 Å². The van der Waals surface area contributed by atoms with Gasteiger partial charge in [0.05, 0.1) is 0 Å². The molecular formula is C31H40O10PS+. The van der Waals surface area contributed by atoms with Crippen molar-refractivity contribution < 1.29 is 45.7 Å². The van der Waals surface area contributed by atoms with Gasteiger partial charge in [-0.15, -0.1) is 4.52 Å². The number of hydrogen-bond donors (Lipinski definition) is 0. The van der Waals surface area contributed by atoms with Crippen molar-refractivity contribution in [3.8, 4) is 11.5 Å². The number of aryl methyl sites for hydroxylation is 2. The Morgan fingerprint density at radius 3 is 1.84 bits per heavy atom. The molecule has 4 saturated heterocycles. The van der Waals surface area contributed by atoms with Gasteiger partial charge in [0.2, 0.25) is 27.1 Å². The number of sulfone groups is 1. The fraction of sp³-hybridized carbons (Fsp3) is 0.613. The van der Waals surface area contributed by atoms with Crippen LogP contribution in [0.25, 0.3) is 0 Å². The highest BCUT2D eigenvalue weighted by atomic mass is 32.2. The first-order chi connectivity index (χ1) is 19.7. The molecule has 5 heterocycles. The van der Waals surface area contributed by atoms with Crippen molar-refractivity contribution in [1.82, 2.24) is 0 Å². The van der Waals surface area contributed by atoms with Gasteiger partial charge in [-0.05, 0) is 61.8 Å². The van der Waals surface area contributed by atoms with Gasteiger partial charge in [-0.2, -0.15) is 0 Å². The van der Waals surface area contributed by atoms with E-state index in [9.17, 15) is 8.42 Å². The number of rotatable bonds is 0. The Morgan fingerprint density at radius 2 is 1.33 bits per heavy atom. The second-order valence-corrected chi connectivity index (χ2v) is 18.6.